The Labute approximate surface area is 127 Å². The van der Waals surface area contributed by atoms with Gasteiger partial charge in [-0.1, -0.05) is 32.6 Å². The third-order valence-corrected chi connectivity index (χ3v) is 2.95. The molecule has 4 heteroatoms. The summed E-state index contributed by atoms with van der Waals surface area (Å²) in [4.78, 5) is 12.1. The van der Waals surface area contributed by atoms with Gasteiger partial charge in [-0.05, 0) is 30.0 Å². The molecule has 1 aromatic carbocycles. The minimum Gasteiger partial charge on any atom is -0.495 e. The van der Waals surface area contributed by atoms with Crippen molar-refractivity contribution in [1.29, 1.82) is 0 Å². The van der Waals surface area contributed by atoms with Crippen LogP contribution in [-0.2, 0) is 0 Å². The summed E-state index contributed by atoms with van der Waals surface area (Å²) < 4.78 is 5.23. The normalized spacial score (nSPS) is 10.5. The Morgan fingerprint density at radius 1 is 1.38 bits per heavy atom. The summed E-state index contributed by atoms with van der Waals surface area (Å²) >= 11 is 0. The first-order valence-corrected chi connectivity index (χ1v) is 7.02. The van der Waals surface area contributed by atoms with Gasteiger partial charge in [0, 0.05) is 12.1 Å². The molecule has 0 radical (unpaired) electrons. The smallest absolute Gasteiger partial charge is 0.251 e. The summed E-state index contributed by atoms with van der Waals surface area (Å²) in [7, 11) is 1.58. The Morgan fingerprint density at radius 2 is 2.10 bits per heavy atom. The van der Waals surface area contributed by atoms with Gasteiger partial charge < -0.3 is 15.8 Å². The summed E-state index contributed by atoms with van der Waals surface area (Å²) in [5.74, 6) is 6.24. The number of methoxy groups -OCH3 is 1. The highest BCUT2D eigenvalue weighted by atomic mass is 16.5. The van der Waals surface area contributed by atoms with Gasteiger partial charge in [0.25, 0.3) is 5.91 Å². The van der Waals surface area contributed by atoms with Crippen molar-refractivity contribution in [1.82, 2.24) is 5.32 Å². The van der Waals surface area contributed by atoms with Crippen LogP contribution in [0.25, 0.3) is 0 Å². The number of benzene rings is 1. The maximum Gasteiger partial charge on any atom is 0.251 e. The SMILES string of the molecule is COc1ccc(C(=O)NCCC(C)(C)C)cc1C#CCN. The highest BCUT2D eigenvalue weighted by molar-refractivity contribution is 5.94. The molecule has 114 valence electrons. The van der Waals surface area contributed by atoms with Gasteiger partial charge in [-0.3, -0.25) is 4.79 Å². The minimum absolute atomic E-state index is 0.0994. The molecule has 0 spiro atoms. The fourth-order valence-corrected chi connectivity index (χ4v) is 1.75. The van der Waals surface area contributed by atoms with Gasteiger partial charge in [-0.2, -0.15) is 0 Å². The largest absolute Gasteiger partial charge is 0.495 e. The Bertz CT molecular complexity index is 548. The topological polar surface area (TPSA) is 64.3 Å². The number of rotatable bonds is 4. The van der Waals surface area contributed by atoms with E-state index in [4.69, 9.17) is 10.5 Å². The van der Waals surface area contributed by atoms with E-state index in [1.165, 1.54) is 0 Å². The standard InChI is InChI=1S/C17H24N2O2/c1-17(2,3)9-11-19-16(20)14-7-8-15(21-4)13(12-14)6-5-10-18/h7-8,12H,9-11,18H2,1-4H3,(H,19,20). The van der Waals surface area contributed by atoms with Crippen LogP contribution in [0.15, 0.2) is 18.2 Å². The molecule has 0 atom stereocenters. The number of ether oxygens (including phenoxy) is 1. The lowest BCUT2D eigenvalue weighted by Gasteiger charge is -2.18. The van der Waals surface area contributed by atoms with Gasteiger partial charge in [-0.15, -0.1) is 0 Å². The Balaban J connectivity index is 2.81. The van der Waals surface area contributed by atoms with Crippen LogP contribution >= 0.6 is 0 Å². The molecule has 0 bridgehead atoms. The molecule has 4 nitrogen and oxygen atoms in total. The summed E-state index contributed by atoms with van der Waals surface area (Å²) in [6.45, 7) is 7.36. The van der Waals surface area contributed by atoms with Crippen LogP contribution in [0.3, 0.4) is 0 Å². The van der Waals surface area contributed by atoms with E-state index < -0.39 is 0 Å². The van der Waals surface area contributed by atoms with Gasteiger partial charge in [0.2, 0.25) is 0 Å². The van der Waals surface area contributed by atoms with Crippen LogP contribution in [0.5, 0.6) is 5.75 Å². The fraction of sp³-hybridized carbons (Fsp3) is 0.471. The maximum atomic E-state index is 12.1. The molecule has 0 fully saturated rings. The van der Waals surface area contributed by atoms with E-state index in [0.717, 1.165) is 6.42 Å². The Hall–Kier alpha value is -1.99. The number of hydrogen-bond acceptors (Lipinski definition) is 3. The van der Waals surface area contributed by atoms with Crippen LogP contribution in [0, 0.1) is 17.3 Å². The first kappa shape index (κ1) is 17.1. The minimum atomic E-state index is -0.0994. The van der Waals surface area contributed by atoms with Crippen LogP contribution in [0.2, 0.25) is 0 Å². The molecule has 21 heavy (non-hydrogen) atoms. The lowest BCUT2D eigenvalue weighted by Crippen LogP contribution is -2.27. The second-order valence-corrected chi connectivity index (χ2v) is 5.99. The number of carbonyl (C=O) groups is 1. The molecule has 0 aliphatic heterocycles. The average Bonchev–Trinajstić information content (AvgIpc) is 2.43. The van der Waals surface area contributed by atoms with E-state index in [1.807, 2.05) is 0 Å². The van der Waals surface area contributed by atoms with E-state index >= 15 is 0 Å². The molecular weight excluding hydrogens is 264 g/mol. The zero-order valence-electron chi connectivity index (χ0n) is 13.2. The molecule has 0 aliphatic carbocycles. The van der Waals surface area contributed by atoms with Crippen molar-refractivity contribution >= 4 is 5.91 Å². The van der Waals surface area contributed by atoms with Gasteiger partial charge in [-0.25, -0.2) is 0 Å². The number of hydrogen-bond donors (Lipinski definition) is 2. The zero-order valence-corrected chi connectivity index (χ0v) is 13.2. The number of nitrogens with one attached hydrogen (secondary N) is 1. The molecule has 0 unspecified atom stereocenters. The lowest BCUT2D eigenvalue weighted by molar-refractivity contribution is 0.0949. The van der Waals surface area contributed by atoms with Crippen LogP contribution < -0.4 is 15.8 Å². The molecule has 0 aromatic heterocycles. The van der Waals surface area contributed by atoms with E-state index in [1.54, 1.807) is 25.3 Å². The van der Waals surface area contributed by atoms with Gasteiger partial charge in [0.1, 0.15) is 5.75 Å². The van der Waals surface area contributed by atoms with Crippen molar-refractivity contribution in [3.05, 3.63) is 29.3 Å². The van der Waals surface area contributed by atoms with E-state index in [2.05, 4.69) is 37.9 Å². The first-order valence-electron chi connectivity index (χ1n) is 7.02. The van der Waals surface area contributed by atoms with Crippen molar-refractivity contribution in [2.24, 2.45) is 11.1 Å². The average molecular weight is 288 g/mol. The first-order chi connectivity index (χ1) is 9.87. The van der Waals surface area contributed by atoms with Gasteiger partial charge in [0.15, 0.2) is 0 Å². The van der Waals surface area contributed by atoms with Crippen molar-refractivity contribution in [2.75, 3.05) is 20.2 Å². The summed E-state index contributed by atoms with van der Waals surface area (Å²) in [6.07, 6.45) is 0.925. The van der Waals surface area contributed by atoms with Gasteiger partial charge >= 0.3 is 0 Å². The highest BCUT2D eigenvalue weighted by Crippen LogP contribution is 2.19. The molecular formula is C17H24N2O2. The molecule has 3 N–H and O–H groups in total. The molecule has 1 amide bonds. The van der Waals surface area contributed by atoms with Crippen LogP contribution in [0.1, 0.15) is 43.1 Å². The van der Waals surface area contributed by atoms with Crippen molar-refractivity contribution < 1.29 is 9.53 Å². The molecule has 0 aliphatic rings. The van der Waals surface area contributed by atoms with Crippen molar-refractivity contribution in [3.8, 4) is 17.6 Å². The third-order valence-electron chi connectivity index (χ3n) is 2.95. The molecule has 0 saturated heterocycles. The number of amides is 1. The molecule has 1 aromatic rings. The van der Waals surface area contributed by atoms with E-state index in [0.29, 0.717) is 23.4 Å². The second-order valence-electron chi connectivity index (χ2n) is 5.99. The zero-order chi connectivity index (χ0) is 15.9. The highest BCUT2D eigenvalue weighted by Gasteiger charge is 2.12. The summed E-state index contributed by atoms with van der Waals surface area (Å²) in [5, 5.41) is 2.92. The predicted molar refractivity (Wildman–Crippen MR) is 85.3 cm³/mol. The Kier molecular flexibility index (Phi) is 6.26. The third kappa shape index (κ3) is 5.88. The van der Waals surface area contributed by atoms with Crippen LogP contribution in [-0.4, -0.2) is 26.1 Å². The number of nitrogens with two attached hydrogens (primary N) is 1. The molecule has 1 rings (SSSR count). The molecule has 0 heterocycles. The fourth-order valence-electron chi connectivity index (χ4n) is 1.75. The molecule has 0 saturated carbocycles. The predicted octanol–water partition coefficient (Wildman–Crippen LogP) is 2.17. The van der Waals surface area contributed by atoms with E-state index in [9.17, 15) is 4.79 Å². The Morgan fingerprint density at radius 3 is 2.67 bits per heavy atom. The maximum absolute atomic E-state index is 12.1. The monoisotopic (exact) mass is 288 g/mol. The van der Waals surface area contributed by atoms with Crippen LogP contribution in [0.4, 0.5) is 0 Å². The number of carbonyl (C=O) groups excluding carboxylic acids is 1. The lowest BCUT2D eigenvalue weighted by atomic mass is 9.92. The quantitative estimate of drug-likeness (QED) is 0.835. The summed E-state index contributed by atoms with van der Waals surface area (Å²) in [6, 6.07) is 5.21. The van der Waals surface area contributed by atoms with Crippen molar-refractivity contribution in [3.63, 3.8) is 0 Å². The second kappa shape index (κ2) is 7.70. The van der Waals surface area contributed by atoms with Gasteiger partial charge in [0.05, 0.1) is 19.2 Å². The van der Waals surface area contributed by atoms with Crippen molar-refractivity contribution in [2.45, 2.75) is 27.2 Å². The van der Waals surface area contributed by atoms with E-state index in [-0.39, 0.29) is 17.9 Å². The summed E-state index contributed by atoms with van der Waals surface area (Å²) in [5.41, 5.74) is 6.83.